The molecule has 0 aromatic heterocycles. The summed E-state index contributed by atoms with van der Waals surface area (Å²) in [6.45, 7) is 3.37. The maximum absolute atomic E-state index is 12.7. The van der Waals surface area contributed by atoms with Gasteiger partial charge in [0.1, 0.15) is 0 Å². The Kier molecular flexibility index (Phi) is 9.83. The fourth-order valence-electron chi connectivity index (χ4n) is 2.45. The van der Waals surface area contributed by atoms with Gasteiger partial charge in [-0.25, -0.2) is 0 Å². The molecule has 0 amide bonds. The summed E-state index contributed by atoms with van der Waals surface area (Å²) in [6, 6.07) is 0. The van der Waals surface area contributed by atoms with Crippen molar-refractivity contribution < 1.29 is 13.2 Å². The number of nitrogens with one attached hydrogen (secondary N) is 2. The molecule has 122 valence electrons. The van der Waals surface area contributed by atoms with Crippen molar-refractivity contribution in [1.82, 2.24) is 10.6 Å². The van der Waals surface area contributed by atoms with Crippen molar-refractivity contribution in [2.24, 2.45) is 16.8 Å². The summed E-state index contributed by atoms with van der Waals surface area (Å²) >= 11 is 0. The highest BCUT2D eigenvalue weighted by molar-refractivity contribution is 14.0. The van der Waals surface area contributed by atoms with Crippen molar-refractivity contribution in [1.29, 1.82) is 0 Å². The van der Waals surface area contributed by atoms with E-state index < -0.39 is 12.1 Å². The van der Waals surface area contributed by atoms with E-state index in [-0.39, 0.29) is 42.7 Å². The van der Waals surface area contributed by atoms with E-state index in [9.17, 15) is 13.2 Å². The molecule has 1 saturated carbocycles. The van der Waals surface area contributed by atoms with Gasteiger partial charge in [-0.1, -0.05) is 12.3 Å². The van der Waals surface area contributed by atoms with Crippen molar-refractivity contribution in [2.45, 2.75) is 38.8 Å². The van der Waals surface area contributed by atoms with E-state index in [2.05, 4.69) is 21.5 Å². The first-order valence-corrected chi connectivity index (χ1v) is 6.99. The zero-order chi connectivity index (χ0) is 15.0. The summed E-state index contributed by atoms with van der Waals surface area (Å²) in [5.74, 6) is 1.84. The van der Waals surface area contributed by atoms with Crippen molar-refractivity contribution in [2.75, 3.05) is 19.6 Å². The largest absolute Gasteiger partial charge is 0.391 e. The first-order valence-electron chi connectivity index (χ1n) is 6.99. The topological polar surface area (TPSA) is 36.4 Å². The Morgan fingerprint density at radius 1 is 1.33 bits per heavy atom. The normalized spacial score (nSPS) is 22.9. The van der Waals surface area contributed by atoms with Gasteiger partial charge in [0.05, 0.1) is 12.5 Å². The van der Waals surface area contributed by atoms with Crippen LogP contribution in [0.5, 0.6) is 0 Å². The van der Waals surface area contributed by atoms with E-state index in [1.165, 1.54) is 0 Å². The number of alkyl halides is 3. The van der Waals surface area contributed by atoms with Gasteiger partial charge >= 0.3 is 6.18 Å². The molecule has 0 saturated heterocycles. The molecular weight excluding hydrogens is 394 g/mol. The van der Waals surface area contributed by atoms with Gasteiger partial charge in [-0.3, -0.25) is 4.99 Å². The van der Waals surface area contributed by atoms with Gasteiger partial charge in [-0.15, -0.1) is 30.4 Å². The van der Waals surface area contributed by atoms with Crippen LogP contribution in [0.15, 0.2) is 4.99 Å². The Hall–Kier alpha value is -0.650. The highest BCUT2D eigenvalue weighted by atomic mass is 127. The minimum atomic E-state index is -4.07. The zero-order valence-electron chi connectivity index (χ0n) is 12.2. The number of rotatable bonds is 4. The average Bonchev–Trinajstić information content (AvgIpc) is 2.41. The number of hydrogen-bond acceptors (Lipinski definition) is 1. The fourth-order valence-corrected chi connectivity index (χ4v) is 2.45. The van der Waals surface area contributed by atoms with Crippen LogP contribution in [0, 0.1) is 24.2 Å². The van der Waals surface area contributed by atoms with E-state index in [1.807, 2.05) is 6.92 Å². The third kappa shape index (κ3) is 7.79. The van der Waals surface area contributed by atoms with E-state index in [1.54, 1.807) is 0 Å². The molecule has 0 aromatic rings. The van der Waals surface area contributed by atoms with Crippen LogP contribution in [0.3, 0.4) is 0 Å². The lowest BCUT2D eigenvalue weighted by Gasteiger charge is -2.29. The van der Waals surface area contributed by atoms with Gasteiger partial charge in [0.2, 0.25) is 0 Å². The molecule has 0 aromatic carbocycles. The zero-order valence-corrected chi connectivity index (χ0v) is 14.5. The molecular formula is C14H23F3IN3. The van der Waals surface area contributed by atoms with E-state index in [0.29, 0.717) is 32.0 Å². The number of hydrogen-bond donors (Lipinski definition) is 2. The molecule has 0 radical (unpaired) electrons. The third-order valence-electron chi connectivity index (χ3n) is 3.46. The standard InChI is InChI=1S/C14H22F3N3.HI/c1-3-8-19-13(18-4-2)20-10-11-6-5-7-12(9-11)14(15,16)17;/h1,11-12H,4-10H2,2H3,(H2,18,19,20);1H. The Balaban J connectivity index is 0.00000400. The Morgan fingerprint density at radius 2 is 2.05 bits per heavy atom. The molecule has 1 aliphatic carbocycles. The second-order valence-corrected chi connectivity index (χ2v) is 5.05. The van der Waals surface area contributed by atoms with Crippen LogP contribution < -0.4 is 10.6 Å². The van der Waals surface area contributed by atoms with Crippen LogP contribution in [0.2, 0.25) is 0 Å². The lowest BCUT2D eigenvalue weighted by Crippen LogP contribution is -2.38. The molecule has 7 heteroatoms. The molecule has 2 atom stereocenters. The highest BCUT2D eigenvalue weighted by Gasteiger charge is 2.41. The van der Waals surface area contributed by atoms with Crippen LogP contribution >= 0.6 is 24.0 Å². The van der Waals surface area contributed by atoms with E-state index in [0.717, 1.165) is 6.42 Å². The number of terminal acetylenes is 1. The maximum atomic E-state index is 12.7. The number of aliphatic imine (C=N–C) groups is 1. The smallest absolute Gasteiger partial charge is 0.357 e. The van der Waals surface area contributed by atoms with Crippen LogP contribution in [0.4, 0.5) is 13.2 Å². The summed E-state index contributed by atoms with van der Waals surface area (Å²) in [5.41, 5.74) is 0. The molecule has 0 spiro atoms. The van der Waals surface area contributed by atoms with Gasteiger partial charge in [0.15, 0.2) is 5.96 Å². The Labute approximate surface area is 141 Å². The van der Waals surface area contributed by atoms with Crippen molar-refractivity contribution >= 4 is 29.9 Å². The van der Waals surface area contributed by atoms with Crippen molar-refractivity contribution in [3.05, 3.63) is 0 Å². The van der Waals surface area contributed by atoms with E-state index in [4.69, 9.17) is 6.42 Å². The molecule has 3 nitrogen and oxygen atoms in total. The molecule has 2 unspecified atom stereocenters. The van der Waals surface area contributed by atoms with Crippen LogP contribution in [0.25, 0.3) is 0 Å². The second-order valence-electron chi connectivity index (χ2n) is 5.05. The van der Waals surface area contributed by atoms with Crippen molar-refractivity contribution in [3.63, 3.8) is 0 Å². The van der Waals surface area contributed by atoms with E-state index >= 15 is 0 Å². The monoisotopic (exact) mass is 417 g/mol. The molecule has 0 bridgehead atoms. The number of guanidine groups is 1. The predicted molar refractivity (Wildman–Crippen MR) is 89.7 cm³/mol. The van der Waals surface area contributed by atoms with Gasteiger partial charge in [0, 0.05) is 13.1 Å². The van der Waals surface area contributed by atoms with Gasteiger partial charge in [0.25, 0.3) is 0 Å². The maximum Gasteiger partial charge on any atom is 0.391 e. The van der Waals surface area contributed by atoms with Crippen LogP contribution in [-0.2, 0) is 0 Å². The summed E-state index contributed by atoms with van der Waals surface area (Å²) in [6.07, 6.45) is 2.95. The van der Waals surface area contributed by atoms with Gasteiger partial charge in [-0.05, 0) is 32.1 Å². The molecule has 1 fully saturated rings. The average molecular weight is 417 g/mol. The van der Waals surface area contributed by atoms with Gasteiger partial charge in [-0.2, -0.15) is 13.2 Å². The Bertz CT molecular complexity index is 363. The second kappa shape index (κ2) is 10.1. The first-order chi connectivity index (χ1) is 9.47. The quantitative estimate of drug-likeness (QED) is 0.319. The van der Waals surface area contributed by atoms with Gasteiger partial charge < -0.3 is 10.6 Å². The molecule has 2 N–H and O–H groups in total. The lowest BCUT2D eigenvalue weighted by atomic mass is 9.81. The van der Waals surface area contributed by atoms with Crippen LogP contribution in [0.1, 0.15) is 32.6 Å². The fraction of sp³-hybridized carbons (Fsp3) is 0.786. The lowest BCUT2D eigenvalue weighted by molar-refractivity contribution is -0.185. The SMILES string of the molecule is C#CCNC(=NCC1CCCC(C(F)(F)F)C1)NCC.I. The number of nitrogens with zero attached hydrogens (tertiary/aromatic N) is 1. The molecule has 21 heavy (non-hydrogen) atoms. The molecule has 0 heterocycles. The summed E-state index contributed by atoms with van der Waals surface area (Å²) < 4.78 is 38.2. The molecule has 1 aliphatic rings. The summed E-state index contributed by atoms with van der Waals surface area (Å²) in [7, 11) is 0. The minimum Gasteiger partial charge on any atom is -0.357 e. The van der Waals surface area contributed by atoms with Crippen molar-refractivity contribution in [3.8, 4) is 12.3 Å². The Morgan fingerprint density at radius 3 is 2.62 bits per heavy atom. The molecule has 0 aliphatic heterocycles. The third-order valence-corrected chi connectivity index (χ3v) is 3.46. The number of halogens is 4. The summed E-state index contributed by atoms with van der Waals surface area (Å²) in [5, 5.41) is 5.95. The first kappa shape index (κ1) is 20.3. The van der Waals surface area contributed by atoms with Crippen LogP contribution in [-0.4, -0.2) is 31.8 Å². The molecule has 1 rings (SSSR count). The summed E-state index contributed by atoms with van der Waals surface area (Å²) in [4.78, 5) is 4.32. The predicted octanol–water partition coefficient (Wildman–Crippen LogP) is 3.16. The highest BCUT2D eigenvalue weighted by Crippen LogP contribution is 2.39. The minimum absolute atomic E-state index is 0.